The van der Waals surface area contributed by atoms with Crippen molar-refractivity contribution in [1.82, 2.24) is 24.3 Å². The topological polar surface area (TPSA) is 65.2 Å². The molecular weight excluding hydrogens is 802 g/mol. The summed E-state index contributed by atoms with van der Waals surface area (Å²) in [5, 5.41) is 2.10. The fourth-order valence-electron chi connectivity index (χ4n) is 6.43. The van der Waals surface area contributed by atoms with Crippen LogP contribution in [-0.4, -0.2) is 32.4 Å². The molecule has 0 fully saturated rings. The minimum atomic E-state index is -1.85. The molecule has 8 aromatic rings. The predicted octanol–water partition coefficient (Wildman–Crippen LogP) is 9.38. The SMILES string of the molecule is Cc1cccc(C)c1-c1cc(Oc2[c-]c(-c3cc4c(cn3)ncn3c5ccccc5nc43)ccc2[Si](C)(C)C)[c-]c(-c2ccccn2)c1.[Pt+2]. The summed E-state index contributed by atoms with van der Waals surface area (Å²) in [6.45, 7) is 11.2. The summed E-state index contributed by atoms with van der Waals surface area (Å²) in [7, 11) is -1.85. The van der Waals surface area contributed by atoms with Gasteiger partial charge in [-0.1, -0.05) is 97.1 Å². The van der Waals surface area contributed by atoms with Crippen molar-refractivity contribution in [3.8, 4) is 45.1 Å². The van der Waals surface area contributed by atoms with Gasteiger partial charge in [0.1, 0.15) is 12.0 Å². The van der Waals surface area contributed by atoms with Crippen LogP contribution < -0.4 is 9.92 Å². The van der Waals surface area contributed by atoms with Gasteiger partial charge in [-0.15, -0.1) is 29.3 Å². The molecule has 0 aliphatic carbocycles. The van der Waals surface area contributed by atoms with Crippen LogP contribution in [-0.2, 0) is 21.1 Å². The zero-order valence-electron chi connectivity index (χ0n) is 27.9. The van der Waals surface area contributed by atoms with Crippen LogP contribution in [0.25, 0.3) is 61.2 Å². The third kappa shape index (κ3) is 6.09. The van der Waals surface area contributed by atoms with Gasteiger partial charge in [0, 0.05) is 37.4 Å². The standard InChI is InChI=1S/C41H33N5OSi.Pt/c1-26-11-10-12-27(2)40(26)30-19-29(33-13-8-9-18-42-33)20-31(21-30)47-38-22-28(16-17-39(38)48(3,4)5)35-23-32-36(24-43-35)44-25-46-37-15-7-6-14-34(37)45-41(32)46;/h6-19,21,23-25H,1-5H3;/q-2;+2. The summed E-state index contributed by atoms with van der Waals surface area (Å²) in [6.07, 6.45) is 5.44. The third-order valence-corrected chi connectivity index (χ3v) is 10.8. The molecule has 0 saturated heterocycles. The Morgan fingerprint density at radius 2 is 1.51 bits per heavy atom. The van der Waals surface area contributed by atoms with Crippen molar-refractivity contribution in [3.63, 3.8) is 0 Å². The molecule has 4 aromatic heterocycles. The van der Waals surface area contributed by atoms with E-state index in [1.165, 1.54) is 21.9 Å². The van der Waals surface area contributed by atoms with Gasteiger partial charge >= 0.3 is 21.1 Å². The minimum Gasteiger partial charge on any atom is -0.496 e. The number of nitrogens with zero attached hydrogens (tertiary/aromatic N) is 5. The second kappa shape index (κ2) is 12.8. The van der Waals surface area contributed by atoms with E-state index in [1.807, 2.05) is 59.5 Å². The van der Waals surface area contributed by atoms with Gasteiger partial charge in [-0.25, -0.2) is 9.97 Å². The molecule has 0 unspecified atom stereocenters. The Balaban J connectivity index is 0.00000378. The summed E-state index contributed by atoms with van der Waals surface area (Å²) in [6, 6.07) is 38.1. The number of aryl methyl sites for hydroxylation is 2. The van der Waals surface area contributed by atoms with Crippen molar-refractivity contribution < 1.29 is 25.8 Å². The van der Waals surface area contributed by atoms with Gasteiger partial charge in [-0.05, 0) is 60.1 Å². The number of fused-ring (bicyclic) bond motifs is 5. The Kier molecular flexibility index (Phi) is 8.51. The molecule has 6 nitrogen and oxygen atoms in total. The molecule has 8 rings (SSSR count). The fourth-order valence-corrected chi connectivity index (χ4v) is 7.80. The number of rotatable bonds is 6. The molecule has 0 N–H and O–H groups in total. The van der Waals surface area contributed by atoms with Crippen molar-refractivity contribution in [2.45, 2.75) is 33.5 Å². The largest absolute Gasteiger partial charge is 2.00 e. The predicted molar refractivity (Wildman–Crippen MR) is 197 cm³/mol. The normalized spacial score (nSPS) is 11.6. The first-order valence-electron chi connectivity index (χ1n) is 16.0. The van der Waals surface area contributed by atoms with E-state index >= 15 is 0 Å². The average Bonchev–Trinajstić information content (AvgIpc) is 3.47. The van der Waals surface area contributed by atoms with Crippen LogP contribution in [0.4, 0.5) is 0 Å². The molecule has 0 amide bonds. The number of para-hydroxylation sites is 2. The van der Waals surface area contributed by atoms with E-state index in [4.69, 9.17) is 14.7 Å². The van der Waals surface area contributed by atoms with Gasteiger partial charge in [-0.2, -0.15) is 0 Å². The number of benzene rings is 4. The van der Waals surface area contributed by atoms with Crippen molar-refractivity contribution in [1.29, 1.82) is 0 Å². The number of ether oxygens (including phenoxy) is 1. The summed E-state index contributed by atoms with van der Waals surface area (Å²) < 4.78 is 8.87. The van der Waals surface area contributed by atoms with Gasteiger partial charge < -0.3 is 14.7 Å². The third-order valence-electron chi connectivity index (χ3n) is 8.79. The minimum absolute atomic E-state index is 0. The molecule has 0 aliphatic heterocycles. The number of imidazole rings is 1. The monoisotopic (exact) mass is 834 g/mol. The quantitative estimate of drug-likeness (QED) is 0.124. The van der Waals surface area contributed by atoms with Crippen LogP contribution in [0, 0.1) is 26.0 Å². The van der Waals surface area contributed by atoms with Crippen LogP contribution >= 0.6 is 0 Å². The molecule has 4 heterocycles. The molecule has 0 bridgehead atoms. The van der Waals surface area contributed by atoms with Gasteiger partial charge in [0.05, 0.1) is 16.6 Å². The smallest absolute Gasteiger partial charge is 0.496 e. The second-order valence-corrected chi connectivity index (χ2v) is 18.3. The number of pyridine rings is 2. The fraction of sp³-hybridized carbons (Fsp3) is 0.122. The molecule has 0 saturated carbocycles. The van der Waals surface area contributed by atoms with Crippen molar-refractivity contribution in [2.24, 2.45) is 0 Å². The zero-order chi connectivity index (χ0) is 33.0. The van der Waals surface area contributed by atoms with E-state index in [0.717, 1.165) is 55.7 Å². The molecule has 49 heavy (non-hydrogen) atoms. The van der Waals surface area contributed by atoms with Crippen LogP contribution in [0.2, 0.25) is 19.6 Å². The molecule has 0 radical (unpaired) electrons. The molecule has 8 heteroatoms. The Morgan fingerprint density at radius 1 is 0.714 bits per heavy atom. The number of hydrogen-bond acceptors (Lipinski definition) is 5. The van der Waals surface area contributed by atoms with Crippen molar-refractivity contribution >= 4 is 40.8 Å². The van der Waals surface area contributed by atoms with E-state index < -0.39 is 8.07 Å². The molecule has 0 atom stereocenters. The Hall–Kier alpha value is -4.97. The summed E-state index contributed by atoms with van der Waals surface area (Å²) >= 11 is 0. The van der Waals surface area contributed by atoms with Crippen molar-refractivity contribution in [3.05, 3.63) is 133 Å². The first-order valence-corrected chi connectivity index (χ1v) is 19.5. The maximum absolute atomic E-state index is 6.84. The van der Waals surface area contributed by atoms with Crippen LogP contribution in [0.15, 0.2) is 110 Å². The van der Waals surface area contributed by atoms with E-state index in [9.17, 15) is 0 Å². The van der Waals surface area contributed by atoms with Crippen LogP contribution in [0.1, 0.15) is 11.1 Å². The van der Waals surface area contributed by atoms with E-state index in [-0.39, 0.29) is 21.1 Å². The van der Waals surface area contributed by atoms with Gasteiger partial charge in [0.2, 0.25) is 0 Å². The average molecular weight is 835 g/mol. The van der Waals surface area contributed by atoms with Gasteiger partial charge in [0.25, 0.3) is 0 Å². The molecule has 4 aromatic carbocycles. The molecular formula is C41H33N5OPtSi. The van der Waals surface area contributed by atoms with Crippen LogP contribution in [0.3, 0.4) is 0 Å². The van der Waals surface area contributed by atoms with E-state index in [2.05, 4.69) is 110 Å². The maximum Gasteiger partial charge on any atom is 2.00 e. The number of aromatic nitrogens is 5. The Labute approximate surface area is 301 Å². The maximum atomic E-state index is 6.84. The first-order chi connectivity index (χ1) is 23.2. The number of hydrogen-bond donors (Lipinski definition) is 0. The summed E-state index contributed by atoms with van der Waals surface area (Å²) in [5.41, 5.74) is 11.6. The first kappa shape index (κ1) is 32.6. The van der Waals surface area contributed by atoms with E-state index in [0.29, 0.717) is 11.5 Å². The summed E-state index contributed by atoms with van der Waals surface area (Å²) in [5.74, 6) is 1.31. The Bertz CT molecular complexity index is 2490. The Morgan fingerprint density at radius 3 is 2.29 bits per heavy atom. The van der Waals surface area contributed by atoms with Crippen LogP contribution in [0.5, 0.6) is 11.5 Å². The zero-order valence-corrected chi connectivity index (χ0v) is 31.1. The van der Waals surface area contributed by atoms with E-state index in [1.54, 1.807) is 0 Å². The summed E-state index contributed by atoms with van der Waals surface area (Å²) in [4.78, 5) is 19.1. The van der Waals surface area contributed by atoms with Crippen molar-refractivity contribution in [2.75, 3.05) is 0 Å². The molecule has 242 valence electrons. The molecule has 0 spiro atoms. The second-order valence-electron chi connectivity index (χ2n) is 13.2. The van der Waals surface area contributed by atoms with Gasteiger partial charge in [-0.3, -0.25) is 4.40 Å². The molecule has 0 aliphatic rings. The van der Waals surface area contributed by atoms with Gasteiger partial charge in [0.15, 0.2) is 0 Å².